The second-order valence-corrected chi connectivity index (χ2v) is 9.17. The van der Waals surface area contributed by atoms with Crippen molar-refractivity contribution >= 4 is 46.7 Å². The van der Waals surface area contributed by atoms with Gasteiger partial charge in [-0.25, -0.2) is 9.97 Å². The molecule has 0 radical (unpaired) electrons. The summed E-state index contributed by atoms with van der Waals surface area (Å²) in [6.07, 6.45) is 3.68. The molecule has 0 amide bonds. The molecular formula is C24H23ClN4O3S2. The third-order valence-corrected chi connectivity index (χ3v) is 6.63. The van der Waals surface area contributed by atoms with Gasteiger partial charge in [0.05, 0.1) is 18.2 Å². The Morgan fingerprint density at radius 1 is 1.06 bits per heavy atom. The van der Waals surface area contributed by atoms with Gasteiger partial charge >= 0.3 is 0 Å². The van der Waals surface area contributed by atoms with Gasteiger partial charge in [-0.15, -0.1) is 12.4 Å². The average Bonchev–Trinajstić information content (AvgIpc) is 3.54. The van der Waals surface area contributed by atoms with Gasteiger partial charge in [-0.05, 0) is 43.2 Å². The van der Waals surface area contributed by atoms with Crippen LogP contribution in [0.3, 0.4) is 0 Å². The van der Waals surface area contributed by atoms with Crippen LogP contribution in [0.1, 0.15) is 24.8 Å². The Balaban J connectivity index is 0.00000274. The van der Waals surface area contributed by atoms with Crippen LogP contribution in [0.2, 0.25) is 0 Å². The molecule has 34 heavy (non-hydrogen) atoms. The Bertz CT molecular complexity index is 1220. The summed E-state index contributed by atoms with van der Waals surface area (Å²) < 4.78 is 21.6. The summed E-state index contributed by atoms with van der Waals surface area (Å²) in [7, 11) is 1.66. The van der Waals surface area contributed by atoms with Gasteiger partial charge in [0, 0.05) is 29.1 Å². The van der Waals surface area contributed by atoms with E-state index < -0.39 is 0 Å². The van der Waals surface area contributed by atoms with Crippen LogP contribution in [0, 0.1) is 0 Å². The Morgan fingerprint density at radius 3 is 2.71 bits per heavy atom. The fourth-order valence-electron chi connectivity index (χ4n) is 3.37. The Labute approximate surface area is 212 Å². The van der Waals surface area contributed by atoms with Crippen molar-refractivity contribution in [3.8, 4) is 17.2 Å². The fourth-order valence-corrected chi connectivity index (χ4v) is 4.94. The lowest BCUT2D eigenvalue weighted by molar-refractivity contribution is 0.106. The molecule has 0 spiro atoms. The zero-order valence-corrected chi connectivity index (χ0v) is 20.8. The van der Waals surface area contributed by atoms with Crippen molar-refractivity contribution in [3.05, 3.63) is 72.7 Å². The predicted octanol–water partition coefficient (Wildman–Crippen LogP) is 6.90. The number of hydrogen-bond acceptors (Lipinski definition) is 9. The monoisotopic (exact) mass is 514 g/mol. The molecule has 0 saturated carbocycles. The molecule has 3 heterocycles. The largest absolute Gasteiger partial charge is 0.497 e. The first-order valence-electron chi connectivity index (χ1n) is 10.5. The lowest BCUT2D eigenvalue weighted by Crippen LogP contribution is -2.00. The van der Waals surface area contributed by atoms with E-state index in [1.165, 1.54) is 11.5 Å². The van der Waals surface area contributed by atoms with E-state index in [1.807, 2.05) is 60.7 Å². The summed E-state index contributed by atoms with van der Waals surface area (Å²) in [4.78, 5) is 11.2. The van der Waals surface area contributed by atoms with Crippen molar-refractivity contribution in [3.63, 3.8) is 0 Å². The van der Waals surface area contributed by atoms with E-state index in [-0.39, 0.29) is 18.5 Å². The minimum Gasteiger partial charge on any atom is -0.497 e. The summed E-state index contributed by atoms with van der Waals surface area (Å²) >= 11 is 2.87. The number of ether oxygens (including phenoxy) is 3. The third-order valence-electron chi connectivity index (χ3n) is 4.96. The molecule has 1 atom stereocenters. The van der Waals surface area contributed by atoms with Crippen LogP contribution < -0.4 is 14.8 Å². The van der Waals surface area contributed by atoms with E-state index in [0.29, 0.717) is 16.7 Å². The average molecular weight is 515 g/mol. The SMILES string of the molecule is COc1cccc(Sc2cc(Oc3ccccc3)cnc2Nc2nc(C3CCCO3)ns2)c1.Cl. The first kappa shape index (κ1) is 24.3. The maximum Gasteiger partial charge on any atom is 0.208 e. The second-order valence-electron chi connectivity index (χ2n) is 7.30. The van der Waals surface area contributed by atoms with Crippen molar-refractivity contribution in [2.75, 3.05) is 19.0 Å². The fraction of sp³-hybridized carbons (Fsp3) is 0.208. The highest BCUT2D eigenvalue weighted by atomic mass is 35.5. The third kappa shape index (κ3) is 5.98. The molecule has 2 aromatic heterocycles. The van der Waals surface area contributed by atoms with E-state index in [2.05, 4.69) is 19.7 Å². The molecule has 4 aromatic rings. The summed E-state index contributed by atoms with van der Waals surface area (Å²) in [5.74, 6) is 3.60. The molecule has 0 bridgehead atoms. The highest BCUT2D eigenvalue weighted by molar-refractivity contribution is 7.99. The maximum atomic E-state index is 6.01. The van der Waals surface area contributed by atoms with Gasteiger partial charge in [-0.3, -0.25) is 0 Å². The van der Waals surface area contributed by atoms with Crippen molar-refractivity contribution in [1.29, 1.82) is 0 Å². The van der Waals surface area contributed by atoms with Gasteiger partial charge in [-0.1, -0.05) is 36.0 Å². The van der Waals surface area contributed by atoms with Gasteiger partial charge in [0.2, 0.25) is 5.13 Å². The standard InChI is InChI=1S/C24H22N4O3S2.ClH/c1-29-17-9-5-10-19(13-17)32-21-14-18(31-16-7-3-2-4-8-16)15-25-23(21)27-24-26-22(28-33-24)20-11-6-12-30-20;/h2-5,7-10,13-15,20H,6,11-12H2,1H3,(H,25,26,27,28);1H. The Hall–Kier alpha value is -2.85. The van der Waals surface area contributed by atoms with E-state index in [4.69, 9.17) is 14.2 Å². The van der Waals surface area contributed by atoms with E-state index in [9.17, 15) is 0 Å². The molecular weight excluding hydrogens is 492 g/mol. The van der Waals surface area contributed by atoms with Crippen LogP contribution in [-0.4, -0.2) is 28.1 Å². The Morgan fingerprint density at radius 2 is 1.91 bits per heavy atom. The smallest absolute Gasteiger partial charge is 0.208 e. The molecule has 1 saturated heterocycles. The molecule has 2 aromatic carbocycles. The van der Waals surface area contributed by atoms with Crippen LogP contribution in [0.4, 0.5) is 10.9 Å². The number of halogens is 1. The lowest BCUT2D eigenvalue weighted by atomic mass is 10.2. The predicted molar refractivity (Wildman–Crippen MR) is 136 cm³/mol. The number of benzene rings is 2. The Kier molecular flexibility index (Phi) is 8.23. The number of hydrogen-bond donors (Lipinski definition) is 1. The second kappa shape index (κ2) is 11.5. The van der Waals surface area contributed by atoms with E-state index >= 15 is 0 Å². The molecule has 1 fully saturated rings. The molecule has 1 aliphatic rings. The summed E-state index contributed by atoms with van der Waals surface area (Å²) in [6, 6.07) is 19.5. The molecule has 7 nitrogen and oxygen atoms in total. The molecule has 176 valence electrons. The van der Waals surface area contributed by atoms with E-state index in [0.717, 1.165) is 46.6 Å². The summed E-state index contributed by atoms with van der Waals surface area (Å²) in [5, 5.41) is 4.00. The minimum absolute atomic E-state index is 0. The molecule has 1 N–H and O–H groups in total. The number of pyridine rings is 1. The van der Waals surface area contributed by atoms with Gasteiger partial charge < -0.3 is 19.5 Å². The zero-order chi connectivity index (χ0) is 22.5. The topological polar surface area (TPSA) is 78.4 Å². The number of para-hydroxylation sites is 1. The number of nitrogens with one attached hydrogen (secondary N) is 1. The van der Waals surface area contributed by atoms with E-state index in [1.54, 1.807) is 25.1 Å². The highest BCUT2D eigenvalue weighted by Gasteiger charge is 2.22. The minimum atomic E-state index is -0.0166. The molecule has 0 aliphatic carbocycles. The molecule has 1 aliphatic heterocycles. The van der Waals surface area contributed by atoms with Crippen LogP contribution in [0.25, 0.3) is 0 Å². The van der Waals surface area contributed by atoms with Gasteiger partial charge in [0.15, 0.2) is 5.82 Å². The summed E-state index contributed by atoms with van der Waals surface area (Å²) in [6.45, 7) is 0.762. The first-order chi connectivity index (χ1) is 16.3. The number of aromatic nitrogens is 3. The zero-order valence-electron chi connectivity index (χ0n) is 18.3. The number of nitrogens with zero attached hydrogens (tertiary/aromatic N) is 3. The number of anilines is 2. The van der Waals surface area contributed by atoms with Gasteiger partial charge in [-0.2, -0.15) is 4.37 Å². The highest BCUT2D eigenvalue weighted by Crippen LogP contribution is 2.38. The molecule has 10 heteroatoms. The number of rotatable bonds is 8. The quantitative estimate of drug-likeness (QED) is 0.272. The van der Waals surface area contributed by atoms with Crippen molar-refractivity contribution in [1.82, 2.24) is 14.3 Å². The molecule has 1 unspecified atom stereocenters. The van der Waals surface area contributed by atoms with Crippen LogP contribution in [0.5, 0.6) is 17.2 Å². The summed E-state index contributed by atoms with van der Waals surface area (Å²) in [5.41, 5.74) is 0. The first-order valence-corrected chi connectivity index (χ1v) is 12.1. The van der Waals surface area contributed by atoms with Crippen LogP contribution in [-0.2, 0) is 4.74 Å². The van der Waals surface area contributed by atoms with Gasteiger partial charge in [0.25, 0.3) is 0 Å². The van der Waals surface area contributed by atoms with Gasteiger partial charge in [0.1, 0.15) is 29.2 Å². The van der Waals surface area contributed by atoms with Crippen molar-refractivity contribution in [2.24, 2.45) is 0 Å². The maximum absolute atomic E-state index is 6.01. The number of methoxy groups -OCH3 is 1. The van der Waals surface area contributed by atoms with Crippen molar-refractivity contribution in [2.45, 2.75) is 28.7 Å². The lowest BCUT2D eigenvalue weighted by Gasteiger charge is -2.12. The van der Waals surface area contributed by atoms with Crippen molar-refractivity contribution < 1.29 is 14.2 Å². The normalized spacial score (nSPS) is 14.9. The van der Waals surface area contributed by atoms with Crippen LogP contribution >= 0.6 is 35.7 Å². The molecule has 5 rings (SSSR count). The van der Waals surface area contributed by atoms with Crippen LogP contribution in [0.15, 0.2) is 76.7 Å².